The van der Waals surface area contributed by atoms with E-state index in [9.17, 15) is 0 Å². The highest BCUT2D eigenvalue weighted by Crippen LogP contribution is 2.30. The number of nitrogens with zero attached hydrogens (tertiary/aromatic N) is 2. The molecule has 0 saturated heterocycles. The second-order valence-electron chi connectivity index (χ2n) is 4.32. The summed E-state index contributed by atoms with van der Waals surface area (Å²) in [5, 5.41) is 9.36. The lowest BCUT2D eigenvalue weighted by atomic mass is 10.1. The van der Waals surface area contributed by atoms with Gasteiger partial charge in [-0.2, -0.15) is 5.10 Å². The maximum atomic E-state index is 5.82. The number of benzene rings is 1. The van der Waals surface area contributed by atoms with Crippen molar-refractivity contribution >= 4 is 11.8 Å². The molecule has 4 heteroatoms. The van der Waals surface area contributed by atoms with Crippen LogP contribution in [-0.4, -0.2) is 10.2 Å². The van der Waals surface area contributed by atoms with Gasteiger partial charge < -0.3 is 5.73 Å². The number of rotatable bonds is 3. The number of aromatic nitrogens is 2. The molecule has 3 nitrogen and oxygen atoms in total. The third kappa shape index (κ3) is 2.71. The molecule has 0 fully saturated rings. The van der Waals surface area contributed by atoms with Crippen LogP contribution in [0.4, 0.5) is 0 Å². The van der Waals surface area contributed by atoms with Gasteiger partial charge in [-0.15, -0.1) is 5.10 Å². The summed E-state index contributed by atoms with van der Waals surface area (Å²) in [6.45, 7) is 6.59. The summed E-state index contributed by atoms with van der Waals surface area (Å²) in [6.07, 6.45) is 0. The first kappa shape index (κ1) is 13.1. The van der Waals surface area contributed by atoms with Gasteiger partial charge in [0.15, 0.2) is 0 Å². The monoisotopic (exact) mass is 259 g/mol. The zero-order chi connectivity index (χ0) is 13.1. The molecule has 0 saturated carbocycles. The summed E-state index contributed by atoms with van der Waals surface area (Å²) in [5.74, 6) is 0. The quantitative estimate of drug-likeness (QED) is 0.920. The first-order valence-corrected chi connectivity index (χ1v) is 6.71. The number of hydrogen-bond donors (Lipinski definition) is 1. The fraction of sp³-hybridized carbons (Fsp3) is 0.286. The first-order valence-electron chi connectivity index (χ1n) is 5.89. The van der Waals surface area contributed by atoms with Gasteiger partial charge in [-0.05, 0) is 38.5 Å². The third-order valence-corrected chi connectivity index (χ3v) is 3.96. The van der Waals surface area contributed by atoms with E-state index in [-0.39, 0.29) is 0 Å². The molecule has 1 aromatic carbocycles. The summed E-state index contributed by atoms with van der Waals surface area (Å²) in [5.41, 5.74) is 10.2. The lowest BCUT2D eigenvalue weighted by Gasteiger charge is -2.10. The average Bonchev–Trinajstić information content (AvgIpc) is 2.34. The Balaban J connectivity index is 2.37. The second kappa shape index (κ2) is 5.50. The van der Waals surface area contributed by atoms with Gasteiger partial charge in [0, 0.05) is 17.0 Å². The molecule has 2 rings (SSSR count). The van der Waals surface area contributed by atoms with Crippen molar-refractivity contribution in [3.8, 4) is 0 Å². The van der Waals surface area contributed by atoms with Gasteiger partial charge in [0.2, 0.25) is 0 Å². The lowest BCUT2D eigenvalue weighted by Crippen LogP contribution is -2.06. The average molecular weight is 259 g/mol. The number of aryl methyl sites for hydroxylation is 2. The molecular weight excluding hydrogens is 242 g/mol. The SMILES string of the molecule is Cc1cccc(Sc2nnc(C)c(C)c2CN)c1. The van der Waals surface area contributed by atoms with Crippen molar-refractivity contribution in [3.05, 3.63) is 46.6 Å². The van der Waals surface area contributed by atoms with Crippen molar-refractivity contribution in [2.75, 3.05) is 0 Å². The topological polar surface area (TPSA) is 51.8 Å². The van der Waals surface area contributed by atoms with Gasteiger partial charge in [0.05, 0.1) is 5.69 Å². The Morgan fingerprint density at radius 3 is 2.61 bits per heavy atom. The van der Waals surface area contributed by atoms with E-state index in [0.717, 1.165) is 21.8 Å². The van der Waals surface area contributed by atoms with Crippen molar-refractivity contribution in [1.29, 1.82) is 0 Å². The van der Waals surface area contributed by atoms with Crippen LogP contribution in [-0.2, 0) is 6.54 Å². The zero-order valence-corrected chi connectivity index (χ0v) is 11.7. The molecule has 1 heterocycles. The molecule has 0 aliphatic rings. The van der Waals surface area contributed by atoms with Crippen LogP contribution in [0.15, 0.2) is 34.2 Å². The summed E-state index contributed by atoms with van der Waals surface area (Å²) in [4.78, 5) is 1.17. The van der Waals surface area contributed by atoms with Gasteiger partial charge in [0.1, 0.15) is 5.03 Å². The Bertz CT molecular complexity index is 567. The predicted octanol–water partition coefficient (Wildman–Crippen LogP) is 3.01. The maximum Gasteiger partial charge on any atom is 0.128 e. The van der Waals surface area contributed by atoms with Crippen molar-refractivity contribution in [3.63, 3.8) is 0 Å². The number of nitrogens with two attached hydrogens (primary N) is 1. The Kier molecular flexibility index (Phi) is 3.99. The number of hydrogen-bond acceptors (Lipinski definition) is 4. The van der Waals surface area contributed by atoms with Crippen molar-refractivity contribution in [1.82, 2.24) is 10.2 Å². The van der Waals surface area contributed by atoms with Gasteiger partial charge in [-0.25, -0.2) is 0 Å². The molecule has 2 N–H and O–H groups in total. The molecule has 0 atom stereocenters. The van der Waals surface area contributed by atoms with Gasteiger partial charge >= 0.3 is 0 Å². The van der Waals surface area contributed by atoms with E-state index in [1.165, 1.54) is 10.5 Å². The molecule has 1 aromatic heterocycles. The summed E-state index contributed by atoms with van der Waals surface area (Å²) < 4.78 is 0. The van der Waals surface area contributed by atoms with Crippen LogP contribution in [0.5, 0.6) is 0 Å². The van der Waals surface area contributed by atoms with Crippen molar-refractivity contribution in [2.24, 2.45) is 5.73 Å². The van der Waals surface area contributed by atoms with Crippen molar-refractivity contribution in [2.45, 2.75) is 37.2 Å². The Labute approximate surface area is 112 Å². The van der Waals surface area contributed by atoms with E-state index < -0.39 is 0 Å². The van der Waals surface area contributed by atoms with E-state index in [1.54, 1.807) is 11.8 Å². The van der Waals surface area contributed by atoms with E-state index in [2.05, 4.69) is 35.3 Å². The maximum absolute atomic E-state index is 5.82. The first-order chi connectivity index (χ1) is 8.61. The fourth-order valence-corrected chi connectivity index (χ4v) is 2.80. The van der Waals surface area contributed by atoms with Crippen LogP contribution in [0.25, 0.3) is 0 Å². The lowest BCUT2D eigenvalue weighted by molar-refractivity contribution is 0.825. The normalized spacial score (nSPS) is 10.7. The van der Waals surface area contributed by atoms with Crippen LogP contribution >= 0.6 is 11.8 Å². The molecular formula is C14H17N3S. The largest absolute Gasteiger partial charge is 0.326 e. The zero-order valence-electron chi connectivity index (χ0n) is 10.9. The van der Waals surface area contributed by atoms with Gasteiger partial charge in [0.25, 0.3) is 0 Å². The summed E-state index contributed by atoms with van der Waals surface area (Å²) in [7, 11) is 0. The van der Waals surface area contributed by atoms with E-state index in [0.29, 0.717) is 6.54 Å². The highest BCUT2D eigenvalue weighted by molar-refractivity contribution is 7.99. The fourth-order valence-electron chi connectivity index (χ4n) is 1.75. The molecule has 0 unspecified atom stereocenters. The van der Waals surface area contributed by atoms with Crippen molar-refractivity contribution < 1.29 is 0 Å². The molecule has 0 bridgehead atoms. The molecule has 0 aliphatic carbocycles. The van der Waals surface area contributed by atoms with Crippen LogP contribution < -0.4 is 5.73 Å². The highest BCUT2D eigenvalue weighted by atomic mass is 32.2. The van der Waals surface area contributed by atoms with Crippen LogP contribution in [0.2, 0.25) is 0 Å². The summed E-state index contributed by atoms with van der Waals surface area (Å²) in [6, 6.07) is 8.35. The molecule has 0 radical (unpaired) electrons. The Hall–Kier alpha value is -1.39. The van der Waals surface area contributed by atoms with E-state index in [4.69, 9.17) is 5.73 Å². The predicted molar refractivity (Wildman–Crippen MR) is 74.7 cm³/mol. The Morgan fingerprint density at radius 1 is 1.17 bits per heavy atom. The minimum atomic E-state index is 0.496. The van der Waals surface area contributed by atoms with Gasteiger partial charge in [-0.3, -0.25) is 0 Å². The smallest absolute Gasteiger partial charge is 0.128 e. The molecule has 0 spiro atoms. The molecule has 0 amide bonds. The minimum absolute atomic E-state index is 0.496. The second-order valence-corrected chi connectivity index (χ2v) is 5.38. The summed E-state index contributed by atoms with van der Waals surface area (Å²) >= 11 is 1.62. The third-order valence-electron chi connectivity index (χ3n) is 2.95. The van der Waals surface area contributed by atoms with Crippen LogP contribution in [0.1, 0.15) is 22.4 Å². The highest BCUT2D eigenvalue weighted by Gasteiger charge is 2.11. The minimum Gasteiger partial charge on any atom is -0.326 e. The van der Waals surface area contributed by atoms with Crippen LogP contribution in [0, 0.1) is 20.8 Å². The Morgan fingerprint density at radius 2 is 1.94 bits per heavy atom. The molecule has 2 aromatic rings. The standard InChI is InChI=1S/C14H17N3S/c1-9-5-4-6-12(7-9)18-14-13(8-15)10(2)11(3)16-17-14/h4-7H,8,15H2,1-3H3. The van der Waals surface area contributed by atoms with E-state index in [1.807, 2.05) is 19.9 Å². The van der Waals surface area contributed by atoms with Gasteiger partial charge in [-0.1, -0.05) is 29.5 Å². The van der Waals surface area contributed by atoms with Crippen LogP contribution in [0.3, 0.4) is 0 Å². The molecule has 94 valence electrons. The molecule has 18 heavy (non-hydrogen) atoms. The van der Waals surface area contributed by atoms with E-state index >= 15 is 0 Å². The molecule has 0 aliphatic heterocycles.